The molecular weight excluding hydrogens is 217 g/mol. The van der Waals surface area contributed by atoms with Crippen molar-refractivity contribution in [2.24, 2.45) is 5.84 Å². The second-order valence-corrected chi connectivity index (χ2v) is 3.69. The molecule has 88 valence electrons. The predicted octanol–water partition coefficient (Wildman–Crippen LogP) is 2.57. The molecule has 0 saturated heterocycles. The van der Waals surface area contributed by atoms with Gasteiger partial charge in [-0.2, -0.15) is 0 Å². The molecule has 0 saturated carbocycles. The third kappa shape index (κ3) is 2.84. The average molecular weight is 230 g/mol. The number of hydrazine groups is 1. The van der Waals surface area contributed by atoms with E-state index in [4.69, 9.17) is 5.84 Å². The number of rotatable bonds is 3. The molecule has 16 heavy (non-hydrogen) atoms. The van der Waals surface area contributed by atoms with Crippen LogP contribution in [0, 0.1) is 17.5 Å². The summed E-state index contributed by atoms with van der Waals surface area (Å²) in [6, 6.07) is 1.29. The zero-order valence-electron chi connectivity index (χ0n) is 9.02. The van der Waals surface area contributed by atoms with Crippen LogP contribution in [0.4, 0.5) is 13.2 Å². The summed E-state index contributed by atoms with van der Waals surface area (Å²) in [5, 5.41) is 0. The molecule has 0 aliphatic heterocycles. The standard InChI is InChI=1S/C11H13F3N2/c1-6(2)3-10(16-15)7-4-8(12)11(14)9(13)5-7/h3-5,10,16H,15H2,1-2H3. The van der Waals surface area contributed by atoms with Crippen molar-refractivity contribution in [3.05, 3.63) is 46.8 Å². The van der Waals surface area contributed by atoms with Crippen LogP contribution in [-0.4, -0.2) is 0 Å². The zero-order valence-corrected chi connectivity index (χ0v) is 9.02. The Balaban J connectivity index is 3.16. The summed E-state index contributed by atoms with van der Waals surface area (Å²) < 4.78 is 38.7. The molecule has 1 aromatic rings. The SMILES string of the molecule is CC(C)=CC(NN)c1cc(F)c(F)c(F)c1. The van der Waals surface area contributed by atoms with Gasteiger partial charge in [0.2, 0.25) is 0 Å². The number of halogens is 3. The highest BCUT2D eigenvalue weighted by atomic mass is 19.2. The summed E-state index contributed by atoms with van der Waals surface area (Å²) in [6.45, 7) is 3.64. The predicted molar refractivity (Wildman–Crippen MR) is 55.8 cm³/mol. The highest BCUT2D eigenvalue weighted by Gasteiger charge is 2.14. The molecule has 0 amide bonds. The fourth-order valence-corrected chi connectivity index (χ4v) is 1.33. The van der Waals surface area contributed by atoms with E-state index in [-0.39, 0.29) is 5.56 Å². The number of hydrogen-bond acceptors (Lipinski definition) is 2. The summed E-state index contributed by atoms with van der Waals surface area (Å²) in [5.41, 5.74) is 3.55. The zero-order chi connectivity index (χ0) is 12.3. The monoisotopic (exact) mass is 230 g/mol. The van der Waals surface area contributed by atoms with Crippen molar-refractivity contribution in [1.29, 1.82) is 0 Å². The van der Waals surface area contributed by atoms with Gasteiger partial charge in [-0.3, -0.25) is 5.84 Å². The van der Waals surface area contributed by atoms with Gasteiger partial charge in [0.25, 0.3) is 0 Å². The molecule has 1 atom stereocenters. The smallest absolute Gasteiger partial charge is 0.194 e. The molecule has 0 aliphatic rings. The van der Waals surface area contributed by atoms with Gasteiger partial charge in [0.05, 0.1) is 6.04 Å². The maximum atomic E-state index is 13.0. The minimum atomic E-state index is -1.48. The third-order valence-corrected chi connectivity index (χ3v) is 2.04. The molecule has 0 radical (unpaired) electrons. The van der Waals surface area contributed by atoms with Crippen LogP contribution in [0.25, 0.3) is 0 Å². The first kappa shape index (κ1) is 12.7. The lowest BCUT2D eigenvalue weighted by atomic mass is 10.0. The van der Waals surface area contributed by atoms with E-state index in [9.17, 15) is 13.2 Å². The van der Waals surface area contributed by atoms with Gasteiger partial charge in [0.15, 0.2) is 17.5 Å². The van der Waals surface area contributed by atoms with E-state index in [0.717, 1.165) is 17.7 Å². The number of benzene rings is 1. The molecule has 1 aromatic carbocycles. The van der Waals surface area contributed by atoms with Crippen LogP contribution < -0.4 is 11.3 Å². The van der Waals surface area contributed by atoms with E-state index < -0.39 is 23.5 Å². The molecule has 3 N–H and O–H groups in total. The van der Waals surface area contributed by atoms with Crippen molar-refractivity contribution in [2.75, 3.05) is 0 Å². The second-order valence-electron chi connectivity index (χ2n) is 3.69. The summed E-state index contributed by atoms with van der Waals surface area (Å²) in [7, 11) is 0. The molecule has 0 bridgehead atoms. The number of nitrogens with one attached hydrogen (secondary N) is 1. The van der Waals surface area contributed by atoms with Crippen molar-refractivity contribution < 1.29 is 13.2 Å². The Kier molecular flexibility index (Phi) is 4.09. The molecular formula is C11H13F3N2. The topological polar surface area (TPSA) is 38.0 Å². The number of allylic oxidation sites excluding steroid dienone is 1. The first-order chi connectivity index (χ1) is 7.45. The summed E-state index contributed by atoms with van der Waals surface area (Å²) >= 11 is 0. The van der Waals surface area contributed by atoms with Crippen molar-refractivity contribution in [1.82, 2.24) is 5.43 Å². The van der Waals surface area contributed by atoms with Gasteiger partial charge in [0, 0.05) is 0 Å². The summed E-state index contributed by atoms with van der Waals surface area (Å²) in [4.78, 5) is 0. The Labute approximate surface area is 91.9 Å². The van der Waals surface area contributed by atoms with E-state index in [1.165, 1.54) is 0 Å². The van der Waals surface area contributed by atoms with Gasteiger partial charge in [0.1, 0.15) is 0 Å². The van der Waals surface area contributed by atoms with E-state index in [1.54, 1.807) is 6.08 Å². The molecule has 2 nitrogen and oxygen atoms in total. The molecule has 1 unspecified atom stereocenters. The summed E-state index contributed by atoms with van der Waals surface area (Å²) in [5.74, 6) is 1.33. The molecule has 0 fully saturated rings. The fraction of sp³-hybridized carbons (Fsp3) is 0.273. The second kappa shape index (κ2) is 5.14. The van der Waals surface area contributed by atoms with Gasteiger partial charge in [-0.25, -0.2) is 18.6 Å². The Morgan fingerprint density at radius 3 is 2.12 bits per heavy atom. The van der Waals surface area contributed by atoms with Crippen LogP contribution in [0.2, 0.25) is 0 Å². The molecule has 0 aromatic heterocycles. The lowest BCUT2D eigenvalue weighted by Crippen LogP contribution is -2.27. The minimum absolute atomic E-state index is 0.236. The van der Waals surface area contributed by atoms with Gasteiger partial charge in [-0.15, -0.1) is 0 Å². The summed E-state index contributed by atoms with van der Waals surface area (Å²) in [6.07, 6.45) is 1.69. The molecule has 1 rings (SSSR count). The first-order valence-corrected chi connectivity index (χ1v) is 4.71. The van der Waals surface area contributed by atoms with E-state index in [2.05, 4.69) is 5.43 Å². The van der Waals surface area contributed by atoms with Gasteiger partial charge >= 0.3 is 0 Å². The van der Waals surface area contributed by atoms with Crippen LogP contribution >= 0.6 is 0 Å². The molecule has 0 spiro atoms. The van der Waals surface area contributed by atoms with Crippen LogP contribution in [0.3, 0.4) is 0 Å². The van der Waals surface area contributed by atoms with E-state index >= 15 is 0 Å². The number of nitrogens with two attached hydrogens (primary N) is 1. The van der Waals surface area contributed by atoms with Gasteiger partial charge in [-0.05, 0) is 31.5 Å². The quantitative estimate of drug-likeness (QED) is 0.362. The van der Waals surface area contributed by atoms with Gasteiger partial charge < -0.3 is 0 Å². The largest absolute Gasteiger partial charge is 0.271 e. The van der Waals surface area contributed by atoms with Gasteiger partial charge in [-0.1, -0.05) is 11.6 Å². The van der Waals surface area contributed by atoms with Crippen LogP contribution in [-0.2, 0) is 0 Å². The van der Waals surface area contributed by atoms with E-state index in [1.807, 2.05) is 13.8 Å². The van der Waals surface area contributed by atoms with Crippen LogP contribution in [0.1, 0.15) is 25.5 Å². The van der Waals surface area contributed by atoms with Crippen LogP contribution in [0.15, 0.2) is 23.8 Å². The maximum Gasteiger partial charge on any atom is 0.194 e. The minimum Gasteiger partial charge on any atom is -0.271 e. The Morgan fingerprint density at radius 2 is 1.75 bits per heavy atom. The Bertz CT molecular complexity index is 389. The average Bonchev–Trinajstić information content (AvgIpc) is 2.21. The normalized spacial score (nSPS) is 12.4. The van der Waals surface area contributed by atoms with Crippen molar-refractivity contribution in [2.45, 2.75) is 19.9 Å². The van der Waals surface area contributed by atoms with Crippen LogP contribution in [0.5, 0.6) is 0 Å². The molecule has 5 heteroatoms. The highest BCUT2D eigenvalue weighted by molar-refractivity contribution is 5.26. The Hall–Kier alpha value is -1.33. The number of hydrogen-bond donors (Lipinski definition) is 2. The lowest BCUT2D eigenvalue weighted by molar-refractivity contribution is 0.443. The van der Waals surface area contributed by atoms with Crippen molar-refractivity contribution in [3.63, 3.8) is 0 Å². The first-order valence-electron chi connectivity index (χ1n) is 4.71. The molecule has 0 aliphatic carbocycles. The Morgan fingerprint density at radius 1 is 1.25 bits per heavy atom. The maximum absolute atomic E-state index is 13.0. The highest BCUT2D eigenvalue weighted by Crippen LogP contribution is 2.20. The molecule has 0 heterocycles. The fourth-order valence-electron chi connectivity index (χ4n) is 1.33. The van der Waals surface area contributed by atoms with Crippen molar-refractivity contribution >= 4 is 0 Å². The lowest BCUT2D eigenvalue weighted by Gasteiger charge is -2.13. The van der Waals surface area contributed by atoms with E-state index in [0.29, 0.717) is 0 Å². The van der Waals surface area contributed by atoms with Crippen molar-refractivity contribution in [3.8, 4) is 0 Å². The third-order valence-electron chi connectivity index (χ3n) is 2.04.